The van der Waals surface area contributed by atoms with Gasteiger partial charge in [-0.25, -0.2) is 0 Å². The molecule has 2 heterocycles. The summed E-state index contributed by atoms with van der Waals surface area (Å²) in [5.41, 5.74) is 3.71. The average molecular weight is 357 g/mol. The van der Waals surface area contributed by atoms with E-state index in [9.17, 15) is 9.90 Å². The van der Waals surface area contributed by atoms with E-state index in [1.165, 1.54) is 10.4 Å². The van der Waals surface area contributed by atoms with Gasteiger partial charge in [-0.2, -0.15) is 0 Å². The minimum Gasteiger partial charge on any atom is -0.507 e. The van der Waals surface area contributed by atoms with E-state index in [1.807, 2.05) is 12.1 Å². The molecule has 0 fully saturated rings. The number of aromatic hydroxyl groups is 1. The van der Waals surface area contributed by atoms with Crippen LogP contribution in [0.2, 0.25) is 0 Å². The molecular formula is C19H23N3O2S. The predicted octanol–water partition coefficient (Wildman–Crippen LogP) is 3.64. The number of benzene rings is 1. The number of phenolic OH excluding ortho intramolecular Hbond substituents is 1. The molecule has 1 aliphatic heterocycles. The minimum atomic E-state index is -0.399. The number of hydrogen-bond donors (Lipinski definition) is 3. The molecule has 1 aliphatic carbocycles. The highest BCUT2D eigenvalue weighted by Gasteiger charge is 2.33. The number of carbonyl (C=O) groups excluding carboxylic acids is 1. The summed E-state index contributed by atoms with van der Waals surface area (Å²) in [6.45, 7) is 5.96. The first-order valence-corrected chi connectivity index (χ1v) is 9.73. The summed E-state index contributed by atoms with van der Waals surface area (Å²) in [5.74, 6) is 0.167. The Balaban J connectivity index is 1.64. The van der Waals surface area contributed by atoms with E-state index in [0.717, 1.165) is 48.6 Å². The molecule has 4 rings (SSSR count). The van der Waals surface area contributed by atoms with Gasteiger partial charge in [0.1, 0.15) is 16.9 Å². The van der Waals surface area contributed by atoms with Gasteiger partial charge in [0.25, 0.3) is 5.91 Å². The normalized spacial score (nSPS) is 18.3. The molecular weight excluding hydrogens is 334 g/mol. The maximum Gasteiger partial charge on any atom is 0.256 e. The number of rotatable bonds is 4. The largest absolute Gasteiger partial charge is 0.507 e. The van der Waals surface area contributed by atoms with Crippen LogP contribution in [0.3, 0.4) is 0 Å². The Morgan fingerprint density at radius 3 is 2.76 bits per heavy atom. The number of hydrogen-bond acceptors (Lipinski definition) is 5. The molecule has 0 saturated carbocycles. The van der Waals surface area contributed by atoms with E-state index in [-0.39, 0.29) is 11.7 Å². The van der Waals surface area contributed by atoms with Gasteiger partial charge in [-0.15, -0.1) is 11.3 Å². The number of anilines is 2. The molecule has 25 heavy (non-hydrogen) atoms. The number of fused-ring (bicyclic) bond motifs is 3. The van der Waals surface area contributed by atoms with Crippen LogP contribution in [-0.2, 0) is 12.8 Å². The minimum absolute atomic E-state index is 0.0367. The topological polar surface area (TPSA) is 64.6 Å². The molecule has 0 bridgehead atoms. The maximum atomic E-state index is 12.6. The Bertz CT molecular complexity index is 826. The summed E-state index contributed by atoms with van der Waals surface area (Å²) in [7, 11) is 0. The molecule has 0 spiro atoms. The third kappa shape index (κ3) is 2.65. The smallest absolute Gasteiger partial charge is 0.256 e. The first-order chi connectivity index (χ1) is 12.1. The Kier molecular flexibility index (Phi) is 4.07. The molecule has 2 aliphatic rings. The quantitative estimate of drug-likeness (QED) is 0.782. The van der Waals surface area contributed by atoms with Crippen molar-refractivity contribution < 1.29 is 9.90 Å². The van der Waals surface area contributed by atoms with Gasteiger partial charge in [0.2, 0.25) is 0 Å². The fraction of sp³-hybridized carbons (Fsp3) is 0.421. The zero-order valence-electron chi connectivity index (χ0n) is 14.6. The molecule has 0 saturated heterocycles. The molecule has 6 heteroatoms. The lowest BCUT2D eigenvalue weighted by Gasteiger charge is -2.28. The Labute approximate surface area is 151 Å². The molecule has 0 radical (unpaired) electrons. The monoisotopic (exact) mass is 357 g/mol. The molecule has 1 aromatic carbocycles. The lowest BCUT2D eigenvalue weighted by molar-refractivity contribution is 0.0935. The van der Waals surface area contributed by atoms with Crippen LogP contribution in [-0.4, -0.2) is 24.1 Å². The van der Waals surface area contributed by atoms with Gasteiger partial charge in [0.05, 0.1) is 5.56 Å². The number of carbonyl (C=O) groups is 1. The van der Waals surface area contributed by atoms with Crippen LogP contribution in [0, 0.1) is 0 Å². The fourth-order valence-corrected chi connectivity index (χ4v) is 5.15. The van der Waals surface area contributed by atoms with Crippen LogP contribution in [0.15, 0.2) is 18.2 Å². The van der Waals surface area contributed by atoms with Crippen molar-refractivity contribution in [1.29, 1.82) is 0 Å². The number of nitrogens with zero attached hydrogens (tertiary/aromatic N) is 1. The molecule has 5 nitrogen and oxygen atoms in total. The van der Waals surface area contributed by atoms with Crippen LogP contribution in [0.4, 0.5) is 10.7 Å². The van der Waals surface area contributed by atoms with E-state index < -0.39 is 6.17 Å². The molecule has 1 unspecified atom stereocenters. The highest BCUT2D eigenvalue weighted by atomic mass is 32.1. The SMILES string of the molecule is CCN(CC)c1ccc(C2NC(=O)c3c(sc4c3CCC4)N2)c(O)c1. The fourth-order valence-electron chi connectivity index (χ4n) is 3.83. The van der Waals surface area contributed by atoms with E-state index in [4.69, 9.17) is 0 Å². The van der Waals surface area contributed by atoms with Gasteiger partial charge in [-0.05, 0) is 50.8 Å². The molecule has 2 aromatic rings. The van der Waals surface area contributed by atoms with Gasteiger partial charge >= 0.3 is 0 Å². The van der Waals surface area contributed by atoms with Gasteiger partial charge in [0, 0.05) is 35.3 Å². The molecule has 1 amide bonds. The first kappa shape index (κ1) is 16.3. The number of thiophene rings is 1. The van der Waals surface area contributed by atoms with Crippen molar-refractivity contribution in [3.8, 4) is 5.75 Å². The van der Waals surface area contributed by atoms with Crippen molar-refractivity contribution in [1.82, 2.24) is 5.32 Å². The average Bonchev–Trinajstić information content (AvgIpc) is 3.16. The Morgan fingerprint density at radius 2 is 2.04 bits per heavy atom. The summed E-state index contributed by atoms with van der Waals surface area (Å²) in [6, 6.07) is 5.67. The van der Waals surface area contributed by atoms with Crippen molar-refractivity contribution in [2.75, 3.05) is 23.3 Å². The number of phenols is 1. The second kappa shape index (κ2) is 6.26. The second-order valence-electron chi connectivity index (χ2n) is 6.53. The summed E-state index contributed by atoms with van der Waals surface area (Å²) in [5, 5.41) is 17.9. The summed E-state index contributed by atoms with van der Waals surface area (Å²) >= 11 is 1.69. The number of nitrogens with one attached hydrogen (secondary N) is 2. The standard InChI is InChI=1S/C19H23N3O2S/c1-3-22(4-2)11-8-9-12(14(23)10-11)17-20-18(24)16-13-6-5-7-15(13)25-19(16)21-17/h8-10,17,21,23H,3-7H2,1-2H3,(H,20,24). The molecule has 1 atom stereocenters. The van der Waals surface area contributed by atoms with Crippen molar-refractivity contribution in [2.45, 2.75) is 39.3 Å². The number of aryl methyl sites for hydroxylation is 1. The van der Waals surface area contributed by atoms with Crippen LogP contribution in [0.1, 0.15) is 52.8 Å². The van der Waals surface area contributed by atoms with Gasteiger partial charge < -0.3 is 20.6 Å². The van der Waals surface area contributed by atoms with E-state index in [2.05, 4.69) is 29.4 Å². The van der Waals surface area contributed by atoms with Crippen LogP contribution >= 0.6 is 11.3 Å². The lowest BCUT2D eigenvalue weighted by Crippen LogP contribution is -2.38. The summed E-state index contributed by atoms with van der Waals surface area (Å²) < 4.78 is 0. The van der Waals surface area contributed by atoms with Crippen LogP contribution < -0.4 is 15.5 Å². The van der Waals surface area contributed by atoms with Crippen molar-refractivity contribution in [3.63, 3.8) is 0 Å². The summed E-state index contributed by atoms with van der Waals surface area (Å²) in [6.07, 6.45) is 2.80. The third-order valence-electron chi connectivity index (χ3n) is 5.15. The molecule has 132 valence electrons. The highest BCUT2D eigenvalue weighted by Crippen LogP contribution is 2.43. The third-order valence-corrected chi connectivity index (χ3v) is 6.38. The summed E-state index contributed by atoms with van der Waals surface area (Å²) in [4.78, 5) is 16.1. The maximum absolute atomic E-state index is 12.6. The van der Waals surface area contributed by atoms with Crippen LogP contribution in [0.25, 0.3) is 0 Å². The highest BCUT2D eigenvalue weighted by molar-refractivity contribution is 7.16. The zero-order chi connectivity index (χ0) is 17.6. The van der Waals surface area contributed by atoms with E-state index in [1.54, 1.807) is 17.4 Å². The lowest BCUT2D eigenvalue weighted by atomic mass is 10.0. The van der Waals surface area contributed by atoms with Gasteiger partial charge in [-0.1, -0.05) is 0 Å². The van der Waals surface area contributed by atoms with E-state index in [0.29, 0.717) is 5.56 Å². The van der Waals surface area contributed by atoms with Crippen molar-refractivity contribution in [2.24, 2.45) is 0 Å². The molecule has 3 N–H and O–H groups in total. The van der Waals surface area contributed by atoms with Gasteiger partial charge in [-0.3, -0.25) is 4.79 Å². The Hall–Kier alpha value is -2.21. The first-order valence-electron chi connectivity index (χ1n) is 8.92. The van der Waals surface area contributed by atoms with Crippen molar-refractivity contribution >= 4 is 27.9 Å². The van der Waals surface area contributed by atoms with Gasteiger partial charge in [0.15, 0.2) is 0 Å². The van der Waals surface area contributed by atoms with Crippen molar-refractivity contribution in [3.05, 3.63) is 39.8 Å². The zero-order valence-corrected chi connectivity index (χ0v) is 15.4. The molecule has 1 aromatic heterocycles. The Morgan fingerprint density at radius 1 is 1.24 bits per heavy atom. The number of amides is 1. The van der Waals surface area contributed by atoms with Crippen LogP contribution in [0.5, 0.6) is 5.75 Å². The van der Waals surface area contributed by atoms with E-state index >= 15 is 0 Å². The second-order valence-corrected chi connectivity index (χ2v) is 7.63. The predicted molar refractivity (Wildman–Crippen MR) is 102 cm³/mol.